The van der Waals surface area contributed by atoms with E-state index in [1.165, 1.54) is 36.8 Å². The zero-order chi connectivity index (χ0) is 14.4. The topological polar surface area (TPSA) is 21.3 Å². The fourth-order valence-corrected chi connectivity index (χ4v) is 3.02. The minimum Gasteiger partial charge on any atom is -0.494 e. The minimum absolute atomic E-state index is 0.541. The molecular weight excluding hydrogens is 246 g/mol. The van der Waals surface area contributed by atoms with Gasteiger partial charge in [-0.25, -0.2) is 0 Å². The highest BCUT2D eigenvalue weighted by molar-refractivity contribution is 5.39. The highest BCUT2D eigenvalue weighted by Gasteiger charge is 2.19. The van der Waals surface area contributed by atoms with Gasteiger partial charge < -0.3 is 10.1 Å². The van der Waals surface area contributed by atoms with Crippen molar-refractivity contribution in [1.29, 1.82) is 0 Å². The van der Waals surface area contributed by atoms with Gasteiger partial charge in [-0.05, 0) is 67.8 Å². The molecule has 2 heteroatoms. The summed E-state index contributed by atoms with van der Waals surface area (Å²) in [5.41, 5.74) is 2.95. The van der Waals surface area contributed by atoms with Crippen molar-refractivity contribution in [2.45, 2.75) is 58.9 Å². The molecule has 2 rings (SSSR count). The lowest BCUT2D eigenvalue weighted by molar-refractivity contribution is 0.297. The van der Waals surface area contributed by atoms with Crippen LogP contribution in [0.3, 0.4) is 0 Å². The number of rotatable bonds is 7. The smallest absolute Gasteiger partial charge is 0.119 e. The standard InChI is InChI=1S/C18H29NO/c1-4-19-18-9-5-8-15-13-16(10-11-17(15)18)20-12-6-7-14(2)3/h10-11,13-14,18-19H,4-9,12H2,1-3H3. The van der Waals surface area contributed by atoms with Gasteiger partial charge in [-0.1, -0.05) is 26.8 Å². The first kappa shape index (κ1) is 15.4. The Morgan fingerprint density at radius 2 is 2.20 bits per heavy atom. The summed E-state index contributed by atoms with van der Waals surface area (Å²) in [6.45, 7) is 8.59. The monoisotopic (exact) mass is 275 g/mol. The molecule has 0 aromatic heterocycles. The first-order chi connectivity index (χ1) is 9.70. The van der Waals surface area contributed by atoms with Gasteiger partial charge in [-0.15, -0.1) is 0 Å². The van der Waals surface area contributed by atoms with Crippen LogP contribution in [-0.2, 0) is 6.42 Å². The first-order valence-corrected chi connectivity index (χ1v) is 8.19. The van der Waals surface area contributed by atoms with E-state index in [1.54, 1.807) is 0 Å². The molecule has 1 unspecified atom stereocenters. The number of ether oxygens (including phenoxy) is 1. The summed E-state index contributed by atoms with van der Waals surface area (Å²) >= 11 is 0. The van der Waals surface area contributed by atoms with E-state index in [0.29, 0.717) is 6.04 Å². The van der Waals surface area contributed by atoms with Crippen molar-refractivity contribution in [2.24, 2.45) is 5.92 Å². The van der Waals surface area contributed by atoms with Gasteiger partial charge in [0.05, 0.1) is 6.61 Å². The molecule has 0 fully saturated rings. The molecule has 112 valence electrons. The van der Waals surface area contributed by atoms with Crippen LogP contribution in [0, 0.1) is 5.92 Å². The quantitative estimate of drug-likeness (QED) is 0.740. The average Bonchev–Trinajstić information content (AvgIpc) is 2.44. The fraction of sp³-hybridized carbons (Fsp3) is 0.667. The Hall–Kier alpha value is -1.02. The Balaban J connectivity index is 1.93. The maximum atomic E-state index is 5.90. The summed E-state index contributed by atoms with van der Waals surface area (Å²) in [5.74, 6) is 1.81. The predicted octanol–water partition coefficient (Wildman–Crippen LogP) is 4.49. The zero-order valence-electron chi connectivity index (χ0n) is 13.2. The number of nitrogens with one attached hydrogen (secondary N) is 1. The lowest BCUT2D eigenvalue weighted by atomic mass is 9.87. The van der Waals surface area contributed by atoms with Crippen molar-refractivity contribution in [3.05, 3.63) is 29.3 Å². The van der Waals surface area contributed by atoms with Crippen LogP contribution in [0.2, 0.25) is 0 Å². The molecule has 1 N–H and O–H groups in total. The lowest BCUT2D eigenvalue weighted by Gasteiger charge is -2.26. The third-order valence-electron chi connectivity index (χ3n) is 4.07. The number of hydrogen-bond acceptors (Lipinski definition) is 2. The van der Waals surface area contributed by atoms with Gasteiger partial charge in [0.1, 0.15) is 5.75 Å². The summed E-state index contributed by atoms with van der Waals surface area (Å²) < 4.78 is 5.90. The van der Waals surface area contributed by atoms with E-state index in [-0.39, 0.29) is 0 Å². The van der Waals surface area contributed by atoms with E-state index < -0.39 is 0 Å². The van der Waals surface area contributed by atoms with Crippen LogP contribution in [0.5, 0.6) is 5.75 Å². The summed E-state index contributed by atoms with van der Waals surface area (Å²) in [6, 6.07) is 7.20. The van der Waals surface area contributed by atoms with Crippen molar-refractivity contribution in [1.82, 2.24) is 5.32 Å². The van der Waals surface area contributed by atoms with Gasteiger partial charge in [-0.2, -0.15) is 0 Å². The minimum atomic E-state index is 0.541. The lowest BCUT2D eigenvalue weighted by Crippen LogP contribution is -2.24. The maximum Gasteiger partial charge on any atom is 0.119 e. The Kier molecular flexibility index (Phi) is 5.90. The van der Waals surface area contributed by atoms with Gasteiger partial charge in [0, 0.05) is 6.04 Å². The molecule has 1 atom stereocenters. The SMILES string of the molecule is CCNC1CCCc2cc(OCCCC(C)C)ccc21. The Bertz CT molecular complexity index is 414. The summed E-state index contributed by atoms with van der Waals surface area (Å²) in [4.78, 5) is 0. The van der Waals surface area contributed by atoms with Crippen LogP contribution in [0.25, 0.3) is 0 Å². The number of hydrogen-bond donors (Lipinski definition) is 1. The molecule has 0 heterocycles. The van der Waals surface area contributed by atoms with Gasteiger partial charge >= 0.3 is 0 Å². The Labute approximate surface area is 123 Å². The molecule has 2 nitrogen and oxygen atoms in total. The average molecular weight is 275 g/mol. The van der Waals surface area contributed by atoms with Crippen molar-refractivity contribution >= 4 is 0 Å². The molecule has 1 aromatic rings. The molecule has 1 aliphatic carbocycles. The first-order valence-electron chi connectivity index (χ1n) is 8.19. The second-order valence-electron chi connectivity index (χ2n) is 6.25. The van der Waals surface area contributed by atoms with Crippen LogP contribution in [0.15, 0.2) is 18.2 Å². The molecule has 0 radical (unpaired) electrons. The van der Waals surface area contributed by atoms with E-state index >= 15 is 0 Å². The summed E-state index contributed by atoms with van der Waals surface area (Å²) in [5, 5.41) is 3.58. The van der Waals surface area contributed by atoms with Gasteiger partial charge in [0.25, 0.3) is 0 Å². The van der Waals surface area contributed by atoms with Gasteiger partial charge in [0.2, 0.25) is 0 Å². The van der Waals surface area contributed by atoms with Crippen LogP contribution in [-0.4, -0.2) is 13.2 Å². The highest BCUT2D eigenvalue weighted by atomic mass is 16.5. The van der Waals surface area contributed by atoms with Crippen LogP contribution in [0.1, 0.15) is 63.6 Å². The molecule has 0 bridgehead atoms. The van der Waals surface area contributed by atoms with Crippen molar-refractivity contribution in [2.75, 3.05) is 13.2 Å². The highest BCUT2D eigenvalue weighted by Crippen LogP contribution is 2.32. The third kappa shape index (κ3) is 4.24. The molecule has 0 saturated heterocycles. The maximum absolute atomic E-state index is 5.90. The summed E-state index contributed by atoms with van der Waals surface area (Å²) in [7, 11) is 0. The second kappa shape index (κ2) is 7.68. The van der Waals surface area contributed by atoms with Crippen molar-refractivity contribution < 1.29 is 4.74 Å². The summed E-state index contributed by atoms with van der Waals surface area (Å²) in [6.07, 6.45) is 6.12. The van der Waals surface area contributed by atoms with Crippen LogP contribution < -0.4 is 10.1 Å². The van der Waals surface area contributed by atoms with Gasteiger partial charge in [0.15, 0.2) is 0 Å². The van der Waals surface area contributed by atoms with E-state index in [9.17, 15) is 0 Å². The number of aryl methyl sites for hydroxylation is 1. The van der Waals surface area contributed by atoms with Gasteiger partial charge in [-0.3, -0.25) is 0 Å². The van der Waals surface area contributed by atoms with Crippen molar-refractivity contribution in [3.63, 3.8) is 0 Å². The molecule has 20 heavy (non-hydrogen) atoms. The zero-order valence-corrected chi connectivity index (χ0v) is 13.2. The molecular formula is C18H29NO. The molecule has 0 aliphatic heterocycles. The fourth-order valence-electron chi connectivity index (χ4n) is 3.02. The van der Waals surface area contributed by atoms with E-state index in [1.807, 2.05) is 0 Å². The predicted molar refractivity (Wildman–Crippen MR) is 85.4 cm³/mol. The molecule has 1 aromatic carbocycles. The Morgan fingerprint density at radius 1 is 1.35 bits per heavy atom. The molecule has 0 amide bonds. The normalized spacial score (nSPS) is 18.1. The molecule has 0 spiro atoms. The molecule has 1 aliphatic rings. The third-order valence-corrected chi connectivity index (χ3v) is 4.07. The number of benzene rings is 1. The van der Waals surface area contributed by atoms with Crippen molar-refractivity contribution in [3.8, 4) is 5.75 Å². The van der Waals surface area contributed by atoms with Crippen LogP contribution in [0.4, 0.5) is 0 Å². The molecule has 0 saturated carbocycles. The van der Waals surface area contributed by atoms with E-state index in [2.05, 4.69) is 44.3 Å². The van der Waals surface area contributed by atoms with E-state index in [0.717, 1.165) is 31.2 Å². The van der Waals surface area contributed by atoms with Crippen LogP contribution >= 0.6 is 0 Å². The number of fused-ring (bicyclic) bond motifs is 1. The largest absolute Gasteiger partial charge is 0.494 e. The van der Waals surface area contributed by atoms with E-state index in [4.69, 9.17) is 4.74 Å². The Morgan fingerprint density at radius 3 is 2.95 bits per heavy atom. The second-order valence-corrected chi connectivity index (χ2v) is 6.25.